The summed E-state index contributed by atoms with van der Waals surface area (Å²) >= 11 is 0. The molecule has 0 aliphatic heterocycles. The van der Waals surface area contributed by atoms with E-state index in [0.29, 0.717) is 35.2 Å². The second-order valence-corrected chi connectivity index (χ2v) is 11.9. The summed E-state index contributed by atoms with van der Waals surface area (Å²) in [4.78, 5) is 12.8. The average Bonchev–Trinajstić information content (AvgIpc) is 3.16. The van der Waals surface area contributed by atoms with Crippen LogP contribution in [0.4, 0.5) is 0 Å². The maximum atomic E-state index is 12.8. The highest BCUT2D eigenvalue weighted by molar-refractivity contribution is 5.89. The number of nitriles is 1. The molecule has 0 spiro atoms. The molecule has 1 aromatic rings. The van der Waals surface area contributed by atoms with Crippen LogP contribution in [0.3, 0.4) is 0 Å². The summed E-state index contributed by atoms with van der Waals surface area (Å²) in [6.45, 7) is 7.19. The van der Waals surface area contributed by atoms with E-state index in [-0.39, 0.29) is 34.9 Å². The van der Waals surface area contributed by atoms with Gasteiger partial charge in [-0.1, -0.05) is 39.0 Å². The van der Waals surface area contributed by atoms with Crippen molar-refractivity contribution in [2.24, 2.45) is 46.3 Å². The lowest BCUT2D eigenvalue weighted by Crippen LogP contribution is -2.61. The molecule has 0 N–H and O–H groups in total. The highest BCUT2D eigenvalue weighted by Gasteiger charge is 2.64. The normalized spacial score (nSPS) is 46.4. The minimum Gasteiger partial charge on any atom is -0.458 e. The molecule has 4 heteroatoms. The molecule has 0 heterocycles. The van der Waals surface area contributed by atoms with Crippen molar-refractivity contribution in [1.82, 2.24) is 0 Å². The Kier molecular flexibility index (Phi) is 5.84. The molecule has 10 atom stereocenters. The maximum Gasteiger partial charge on any atom is 0.338 e. The number of carbonyl (C=O) groups excluding carboxylic acids is 1. The predicted octanol–water partition coefficient (Wildman–Crippen LogP) is 6.27. The Bertz CT molecular complexity index is 925. The van der Waals surface area contributed by atoms with Gasteiger partial charge in [-0.25, -0.2) is 4.79 Å². The van der Waals surface area contributed by atoms with Crippen LogP contribution < -0.4 is 0 Å². The van der Waals surface area contributed by atoms with Crippen LogP contribution in [0.15, 0.2) is 30.3 Å². The SMILES string of the molecule is CO[C@H]1C[C@]2(C)[C@@H](C#N)CC[C@H]2[C@@H]2CC[C@H]3[C@@H](C)[C@H](OC(=O)c4ccccc4)CC[C@]3(C)[C@H]21. The Morgan fingerprint density at radius 1 is 1.00 bits per heavy atom. The van der Waals surface area contributed by atoms with Crippen LogP contribution in [0.2, 0.25) is 0 Å². The standard InChI is InChI=1S/C29H39NO3/c1-18-22-13-11-21-23-12-10-20(17-30)29(23,3)16-25(32-4)26(21)28(22,2)15-14-24(18)33-27(31)19-8-6-5-7-9-19/h5-9,18,20-26H,10-16H2,1-4H3/t18-,20-,21+,22+,23+,24-,25+,26-,28+,29-/m1/s1. The number of carbonyl (C=O) groups is 1. The largest absolute Gasteiger partial charge is 0.458 e. The van der Waals surface area contributed by atoms with E-state index in [2.05, 4.69) is 26.8 Å². The van der Waals surface area contributed by atoms with E-state index >= 15 is 0 Å². The van der Waals surface area contributed by atoms with Crippen molar-refractivity contribution < 1.29 is 14.3 Å². The highest BCUT2D eigenvalue weighted by atomic mass is 16.5. The van der Waals surface area contributed by atoms with E-state index in [1.165, 1.54) is 19.3 Å². The number of fused-ring (bicyclic) bond motifs is 5. The van der Waals surface area contributed by atoms with Crippen molar-refractivity contribution in [3.63, 3.8) is 0 Å². The van der Waals surface area contributed by atoms with E-state index in [1.54, 1.807) is 0 Å². The van der Waals surface area contributed by atoms with Gasteiger partial charge < -0.3 is 9.47 Å². The second-order valence-electron chi connectivity index (χ2n) is 11.9. The summed E-state index contributed by atoms with van der Waals surface area (Å²) in [6, 6.07) is 12.0. The smallest absolute Gasteiger partial charge is 0.338 e. The number of ether oxygens (including phenoxy) is 2. The molecule has 4 aliphatic carbocycles. The summed E-state index contributed by atoms with van der Waals surface area (Å²) in [6.07, 6.45) is 7.87. The van der Waals surface area contributed by atoms with Crippen LogP contribution in [0.5, 0.6) is 0 Å². The number of methoxy groups -OCH3 is 1. The number of hydrogen-bond acceptors (Lipinski definition) is 4. The van der Waals surface area contributed by atoms with Gasteiger partial charge in [0.2, 0.25) is 0 Å². The van der Waals surface area contributed by atoms with Crippen molar-refractivity contribution in [3.8, 4) is 6.07 Å². The first-order chi connectivity index (χ1) is 15.8. The van der Waals surface area contributed by atoms with Crippen molar-refractivity contribution in [2.75, 3.05) is 7.11 Å². The minimum absolute atomic E-state index is 0.0170. The van der Waals surface area contributed by atoms with Gasteiger partial charge in [0.25, 0.3) is 0 Å². The van der Waals surface area contributed by atoms with Crippen LogP contribution in [0.25, 0.3) is 0 Å². The molecule has 0 saturated heterocycles. The molecule has 4 aliphatic rings. The molecule has 0 bridgehead atoms. The topological polar surface area (TPSA) is 59.3 Å². The zero-order valence-corrected chi connectivity index (χ0v) is 20.6. The Hall–Kier alpha value is -1.86. The zero-order chi connectivity index (χ0) is 23.4. The second kappa shape index (κ2) is 8.42. The Morgan fingerprint density at radius 2 is 1.73 bits per heavy atom. The van der Waals surface area contributed by atoms with Gasteiger partial charge in [0.05, 0.1) is 23.7 Å². The summed E-state index contributed by atoms with van der Waals surface area (Å²) in [5.41, 5.74) is 0.930. The van der Waals surface area contributed by atoms with Gasteiger partial charge in [-0.05, 0) is 97.5 Å². The Balaban J connectivity index is 1.38. The highest BCUT2D eigenvalue weighted by Crippen LogP contribution is 2.68. The molecule has 178 valence electrons. The number of benzene rings is 1. The van der Waals surface area contributed by atoms with Gasteiger partial charge in [-0.15, -0.1) is 0 Å². The molecular weight excluding hydrogens is 410 g/mol. The molecule has 4 fully saturated rings. The molecule has 0 radical (unpaired) electrons. The van der Waals surface area contributed by atoms with E-state index in [0.717, 1.165) is 25.7 Å². The van der Waals surface area contributed by atoms with Gasteiger partial charge in [0.1, 0.15) is 6.10 Å². The van der Waals surface area contributed by atoms with E-state index < -0.39 is 0 Å². The fraction of sp³-hybridized carbons (Fsp3) is 0.724. The van der Waals surface area contributed by atoms with Crippen LogP contribution in [-0.2, 0) is 9.47 Å². The third kappa shape index (κ3) is 3.45. The molecule has 1 aromatic carbocycles. The van der Waals surface area contributed by atoms with Crippen molar-refractivity contribution in [1.29, 1.82) is 5.26 Å². The zero-order valence-electron chi connectivity index (χ0n) is 20.6. The fourth-order valence-electron chi connectivity index (χ4n) is 9.17. The van der Waals surface area contributed by atoms with Crippen molar-refractivity contribution >= 4 is 5.97 Å². The monoisotopic (exact) mass is 449 g/mol. The molecule has 5 rings (SSSR count). The van der Waals surface area contributed by atoms with Crippen LogP contribution in [0, 0.1) is 57.7 Å². The van der Waals surface area contributed by atoms with E-state index in [9.17, 15) is 10.1 Å². The molecule has 4 nitrogen and oxygen atoms in total. The van der Waals surface area contributed by atoms with E-state index in [1.807, 2.05) is 37.4 Å². The third-order valence-electron chi connectivity index (χ3n) is 10.8. The lowest BCUT2D eigenvalue weighted by molar-refractivity contribution is -0.195. The number of hydrogen-bond donors (Lipinski definition) is 0. The first kappa shape index (κ1) is 22.9. The lowest BCUT2D eigenvalue weighted by Gasteiger charge is -2.64. The average molecular weight is 450 g/mol. The maximum absolute atomic E-state index is 12.8. The molecule has 0 aromatic heterocycles. The molecule has 0 unspecified atom stereocenters. The summed E-state index contributed by atoms with van der Waals surface area (Å²) < 4.78 is 12.3. The fourth-order valence-corrected chi connectivity index (χ4v) is 9.17. The summed E-state index contributed by atoms with van der Waals surface area (Å²) in [5.74, 6) is 2.67. The van der Waals surface area contributed by atoms with Gasteiger partial charge in [0, 0.05) is 7.11 Å². The van der Waals surface area contributed by atoms with Gasteiger partial charge in [-0.3, -0.25) is 0 Å². The number of esters is 1. The molecule has 0 amide bonds. The van der Waals surface area contributed by atoms with Crippen molar-refractivity contribution in [3.05, 3.63) is 35.9 Å². The van der Waals surface area contributed by atoms with Gasteiger partial charge >= 0.3 is 5.97 Å². The third-order valence-corrected chi connectivity index (χ3v) is 10.8. The van der Waals surface area contributed by atoms with Crippen LogP contribution in [0.1, 0.15) is 76.1 Å². The summed E-state index contributed by atoms with van der Waals surface area (Å²) in [5, 5.41) is 9.85. The number of rotatable bonds is 3. The van der Waals surface area contributed by atoms with Crippen LogP contribution in [-0.4, -0.2) is 25.3 Å². The Morgan fingerprint density at radius 3 is 2.42 bits per heavy atom. The first-order valence-electron chi connectivity index (χ1n) is 13.0. The van der Waals surface area contributed by atoms with Crippen LogP contribution >= 0.6 is 0 Å². The summed E-state index contributed by atoms with van der Waals surface area (Å²) in [7, 11) is 1.88. The molecular formula is C29H39NO3. The Labute approximate surface area is 199 Å². The number of nitrogens with zero attached hydrogens (tertiary/aromatic N) is 1. The predicted molar refractivity (Wildman–Crippen MR) is 127 cm³/mol. The first-order valence-corrected chi connectivity index (χ1v) is 13.0. The van der Waals surface area contributed by atoms with Crippen molar-refractivity contribution in [2.45, 2.75) is 77.9 Å². The quantitative estimate of drug-likeness (QED) is 0.511. The molecule has 4 saturated carbocycles. The lowest BCUT2D eigenvalue weighted by atomic mass is 9.42. The minimum atomic E-state index is -0.193. The van der Waals surface area contributed by atoms with Gasteiger partial charge in [0.15, 0.2) is 0 Å². The van der Waals surface area contributed by atoms with Gasteiger partial charge in [-0.2, -0.15) is 5.26 Å². The van der Waals surface area contributed by atoms with E-state index in [4.69, 9.17) is 9.47 Å². The molecule has 33 heavy (non-hydrogen) atoms.